The Morgan fingerprint density at radius 3 is 2.35 bits per heavy atom. The number of amides is 2. The fourth-order valence-corrected chi connectivity index (χ4v) is 7.80. The van der Waals surface area contributed by atoms with E-state index in [1.165, 1.54) is 0 Å². The van der Waals surface area contributed by atoms with Crippen molar-refractivity contribution in [2.75, 3.05) is 6.61 Å². The molecule has 6 N–H and O–H groups in total. The second-order valence-electron chi connectivity index (χ2n) is 4.35. The third-order valence-corrected chi connectivity index (χ3v) is 6.31. The van der Waals surface area contributed by atoms with E-state index in [9.17, 15) is 14.7 Å². The number of primary amides is 2. The lowest BCUT2D eigenvalue weighted by Crippen LogP contribution is -2.49. The zero-order chi connectivity index (χ0) is 15.7. The maximum Gasteiger partial charge on any atom is 0.247 e. The predicted octanol–water partition coefficient (Wildman–Crippen LogP) is 0.512. The summed E-state index contributed by atoms with van der Waals surface area (Å²) in [5.41, 5.74) is 11.1. The molecule has 0 bridgehead atoms. The smallest absolute Gasteiger partial charge is 0.247 e. The first-order valence-electron chi connectivity index (χ1n) is 5.49. The van der Waals surface area contributed by atoms with Gasteiger partial charge in [0.1, 0.15) is 0 Å². The van der Waals surface area contributed by atoms with Crippen LogP contribution in [0.1, 0.15) is 6.42 Å². The van der Waals surface area contributed by atoms with Crippen molar-refractivity contribution in [1.82, 2.24) is 0 Å². The summed E-state index contributed by atoms with van der Waals surface area (Å²) in [6.45, 7) is -0.473. The molecule has 6 nitrogen and oxygen atoms in total. The number of rotatable bonds is 5. The Morgan fingerprint density at radius 1 is 1.40 bits per heavy atom. The Kier molecular flexibility index (Phi) is 6.68. The summed E-state index contributed by atoms with van der Waals surface area (Å²) in [6.07, 6.45) is 0.608. The van der Waals surface area contributed by atoms with Gasteiger partial charge in [-0.2, -0.15) is 0 Å². The van der Waals surface area contributed by atoms with Gasteiger partial charge in [0.15, 0.2) is 0 Å². The summed E-state index contributed by atoms with van der Waals surface area (Å²) in [6, 6.07) is 0. The summed E-state index contributed by atoms with van der Waals surface area (Å²) in [4.78, 5) is 23.5. The topological polar surface area (TPSA) is 127 Å². The summed E-state index contributed by atoms with van der Waals surface area (Å²) in [5, 5.41) is 18.8. The normalized spacial score (nSPS) is 28.1. The van der Waals surface area contributed by atoms with Gasteiger partial charge in [-0.15, -0.1) is 0 Å². The summed E-state index contributed by atoms with van der Waals surface area (Å²) in [7, 11) is 0. The molecule has 0 aliphatic heterocycles. The third-order valence-electron chi connectivity index (χ3n) is 2.93. The third kappa shape index (κ3) is 3.64. The van der Waals surface area contributed by atoms with Crippen LogP contribution in [0.4, 0.5) is 0 Å². The van der Waals surface area contributed by atoms with Gasteiger partial charge in [-0.05, 0) is 57.7 Å². The summed E-state index contributed by atoms with van der Waals surface area (Å²) in [5.74, 6) is -2.04. The average molecular weight is 618 g/mol. The minimum atomic E-state index is -1.07. The van der Waals surface area contributed by atoms with Gasteiger partial charge in [-0.1, -0.05) is 22.6 Å². The van der Waals surface area contributed by atoms with Gasteiger partial charge in [-0.25, -0.2) is 0 Å². The van der Waals surface area contributed by atoms with Crippen LogP contribution < -0.4 is 11.5 Å². The van der Waals surface area contributed by atoms with E-state index in [-0.39, 0.29) is 12.0 Å². The second kappa shape index (κ2) is 7.19. The lowest BCUT2D eigenvalue weighted by atomic mass is 9.77. The number of allylic oxidation sites excluding steroid dienone is 2. The molecule has 20 heavy (non-hydrogen) atoms. The largest absolute Gasteiger partial charge is 0.394 e. The number of halogens is 3. The van der Waals surface area contributed by atoms with Crippen LogP contribution in [0.3, 0.4) is 0 Å². The van der Waals surface area contributed by atoms with E-state index in [0.29, 0.717) is 7.16 Å². The molecular weight excluding hydrogens is 605 g/mol. The Bertz CT molecular complexity index is 506. The maximum absolute atomic E-state index is 11.8. The van der Waals surface area contributed by atoms with Gasteiger partial charge in [0.25, 0.3) is 0 Å². The minimum Gasteiger partial charge on any atom is -0.394 e. The SMILES string of the molecule is NC(=O)C1=C(I)C=C(I)C(C(N)=O)C1(I)CC(O)CO. The number of hydrogen-bond acceptors (Lipinski definition) is 4. The highest BCUT2D eigenvalue weighted by Crippen LogP contribution is 2.50. The molecule has 1 aliphatic rings. The predicted molar refractivity (Wildman–Crippen MR) is 99.5 cm³/mol. The van der Waals surface area contributed by atoms with Crippen LogP contribution in [0.15, 0.2) is 18.8 Å². The molecule has 0 aromatic rings. The number of aliphatic hydroxyl groups excluding tert-OH is 2. The zero-order valence-corrected chi connectivity index (χ0v) is 16.6. The molecule has 1 rings (SSSR count). The highest BCUT2D eigenvalue weighted by Gasteiger charge is 2.50. The lowest BCUT2D eigenvalue weighted by molar-refractivity contribution is -0.121. The van der Waals surface area contributed by atoms with Gasteiger partial charge in [0, 0.05) is 12.7 Å². The summed E-state index contributed by atoms with van der Waals surface area (Å²) >= 11 is 5.88. The molecule has 0 aromatic heterocycles. The molecule has 0 saturated heterocycles. The van der Waals surface area contributed by atoms with E-state index in [1.807, 2.05) is 67.8 Å². The van der Waals surface area contributed by atoms with Crippen LogP contribution in [0.5, 0.6) is 0 Å². The minimum absolute atomic E-state index is 0.00276. The van der Waals surface area contributed by atoms with Gasteiger partial charge in [0.2, 0.25) is 11.8 Å². The van der Waals surface area contributed by atoms with E-state index >= 15 is 0 Å². The molecule has 3 atom stereocenters. The Hall–Kier alpha value is 0.530. The van der Waals surface area contributed by atoms with Gasteiger partial charge >= 0.3 is 0 Å². The average Bonchev–Trinajstić information content (AvgIpc) is 2.25. The maximum atomic E-state index is 11.8. The van der Waals surface area contributed by atoms with Crippen LogP contribution in [-0.4, -0.2) is 38.2 Å². The van der Waals surface area contributed by atoms with Crippen LogP contribution in [-0.2, 0) is 9.59 Å². The van der Waals surface area contributed by atoms with Crippen molar-refractivity contribution in [2.24, 2.45) is 17.4 Å². The monoisotopic (exact) mass is 618 g/mol. The van der Waals surface area contributed by atoms with Crippen molar-refractivity contribution < 1.29 is 19.8 Å². The Morgan fingerprint density at radius 2 is 1.95 bits per heavy atom. The van der Waals surface area contributed by atoms with Gasteiger partial charge < -0.3 is 21.7 Å². The van der Waals surface area contributed by atoms with E-state index in [1.54, 1.807) is 6.08 Å². The molecular formula is C11H13I3N2O4. The Labute approximate surface area is 156 Å². The van der Waals surface area contributed by atoms with E-state index in [2.05, 4.69) is 0 Å². The first-order valence-corrected chi connectivity index (χ1v) is 8.73. The van der Waals surface area contributed by atoms with E-state index < -0.39 is 33.9 Å². The molecule has 0 radical (unpaired) electrons. The number of carbonyl (C=O) groups excluding carboxylic acids is 2. The fraction of sp³-hybridized carbons (Fsp3) is 0.455. The summed E-state index contributed by atoms with van der Waals surface area (Å²) < 4.78 is 0.208. The molecule has 0 saturated carbocycles. The molecule has 3 unspecified atom stereocenters. The van der Waals surface area contributed by atoms with Crippen LogP contribution in [0, 0.1) is 5.92 Å². The Balaban J connectivity index is 3.46. The molecule has 0 heterocycles. The number of hydrogen-bond donors (Lipinski definition) is 4. The standard InChI is InChI=1S/C11H13I3N2O4/c12-5-1-6(13)8(10(16)20)11(14,2-4(18)3-17)7(5)9(15)19/h1,4,7,17-18H,2-3H2,(H2,15,19)(H2,16,20). The van der Waals surface area contributed by atoms with Crippen LogP contribution >= 0.6 is 67.8 Å². The zero-order valence-electron chi connectivity index (χ0n) is 10.1. The first-order chi connectivity index (χ1) is 9.15. The molecule has 0 spiro atoms. The first kappa shape index (κ1) is 18.6. The number of carbonyl (C=O) groups is 2. The van der Waals surface area contributed by atoms with Crippen LogP contribution in [0.2, 0.25) is 0 Å². The second-order valence-corrected chi connectivity index (χ2v) is 8.69. The quantitative estimate of drug-likeness (QED) is 0.265. The highest BCUT2D eigenvalue weighted by atomic mass is 127. The fourth-order valence-electron chi connectivity index (χ4n) is 2.15. The highest BCUT2D eigenvalue weighted by molar-refractivity contribution is 14.1. The van der Waals surface area contributed by atoms with Crippen molar-refractivity contribution in [3.05, 3.63) is 18.8 Å². The molecule has 2 amide bonds. The number of aliphatic hydroxyl groups is 2. The van der Waals surface area contributed by atoms with Crippen molar-refractivity contribution in [3.63, 3.8) is 0 Å². The lowest BCUT2D eigenvalue weighted by Gasteiger charge is -2.39. The van der Waals surface area contributed by atoms with Crippen molar-refractivity contribution >= 4 is 79.6 Å². The molecule has 1 aliphatic carbocycles. The van der Waals surface area contributed by atoms with E-state index in [0.717, 1.165) is 0 Å². The van der Waals surface area contributed by atoms with Gasteiger partial charge in [-0.3, -0.25) is 9.59 Å². The van der Waals surface area contributed by atoms with E-state index in [4.69, 9.17) is 16.6 Å². The van der Waals surface area contributed by atoms with Gasteiger partial charge in [0.05, 0.1) is 22.1 Å². The molecule has 9 heteroatoms. The molecule has 112 valence electrons. The van der Waals surface area contributed by atoms with Crippen LogP contribution in [0.25, 0.3) is 0 Å². The van der Waals surface area contributed by atoms with Crippen molar-refractivity contribution in [1.29, 1.82) is 0 Å². The molecule has 0 fully saturated rings. The number of nitrogens with two attached hydrogens (primary N) is 2. The molecule has 0 aromatic carbocycles. The number of alkyl halides is 1. The van der Waals surface area contributed by atoms with Crippen molar-refractivity contribution in [3.8, 4) is 0 Å². The van der Waals surface area contributed by atoms with Crippen molar-refractivity contribution in [2.45, 2.75) is 15.9 Å².